The third-order valence-electron chi connectivity index (χ3n) is 5.33. The first-order chi connectivity index (χ1) is 16.4. The Bertz CT molecular complexity index is 1240. The zero-order valence-corrected chi connectivity index (χ0v) is 19.0. The van der Waals surface area contributed by atoms with Gasteiger partial charge in [0.1, 0.15) is 0 Å². The van der Waals surface area contributed by atoms with Crippen molar-refractivity contribution in [2.45, 2.75) is 17.7 Å². The fourth-order valence-electron chi connectivity index (χ4n) is 3.59. The Balaban J connectivity index is 1.34. The van der Waals surface area contributed by atoms with E-state index >= 15 is 0 Å². The second-order valence-corrected chi connectivity index (χ2v) is 9.46. The summed E-state index contributed by atoms with van der Waals surface area (Å²) in [6.45, 7) is 0.880. The lowest BCUT2D eigenvalue weighted by atomic mass is 9.97. The van der Waals surface area contributed by atoms with E-state index in [-0.39, 0.29) is 28.7 Å². The maximum atomic E-state index is 12.8. The Morgan fingerprint density at radius 2 is 1.56 bits per heavy atom. The summed E-state index contributed by atoms with van der Waals surface area (Å²) in [5.41, 5.74) is 1.16. The molecule has 1 saturated heterocycles. The van der Waals surface area contributed by atoms with Crippen molar-refractivity contribution in [3.05, 3.63) is 73.1 Å². The molecule has 0 unspecified atom stereocenters. The van der Waals surface area contributed by atoms with E-state index in [9.17, 15) is 18.0 Å². The molecule has 3 N–H and O–H groups in total. The first kappa shape index (κ1) is 23.2. The third-order valence-corrected chi connectivity index (χ3v) is 6.67. The standard InChI is InChI=1S/C23H24N6O4S/c30-21(17-6-4-15-29(16-17)23(31)27-18-7-2-1-3-8-18)26-19-9-11-20(12-10-19)34(32,33)28-22-24-13-5-14-25-22/h1-3,5,7-14,17H,4,6,15-16H2,(H,26,30)(H,27,31)(H,24,25,28)/t17-/m0/s1. The van der Waals surface area contributed by atoms with Gasteiger partial charge < -0.3 is 15.5 Å². The molecule has 34 heavy (non-hydrogen) atoms. The van der Waals surface area contributed by atoms with Gasteiger partial charge in [0.25, 0.3) is 10.0 Å². The number of sulfonamides is 1. The van der Waals surface area contributed by atoms with Crippen molar-refractivity contribution in [3.8, 4) is 0 Å². The van der Waals surface area contributed by atoms with Crippen LogP contribution >= 0.6 is 0 Å². The maximum absolute atomic E-state index is 12.8. The van der Waals surface area contributed by atoms with Gasteiger partial charge in [0.15, 0.2) is 0 Å². The van der Waals surface area contributed by atoms with Crippen molar-refractivity contribution in [2.24, 2.45) is 5.92 Å². The summed E-state index contributed by atoms with van der Waals surface area (Å²) >= 11 is 0. The summed E-state index contributed by atoms with van der Waals surface area (Å²) in [6, 6.07) is 16.3. The SMILES string of the molecule is O=C(Nc1ccc(S(=O)(=O)Nc2ncccn2)cc1)[C@H]1CCCN(C(=O)Nc2ccccc2)C1. The molecular formula is C23H24N6O4S. The maximum Gasteiger partial charge on any atom is 0.321 e. The zero-order valence-electron chi connectivity index (χ0n) is 18.2. The minimum atomic E-state index is -3.86. The van der Waals surface area contributed by atoms with Gasteiger partial charge in [-0.3, -0.25) is 4.79 Å². The number of para-hydroxylation sites is 1. The number of urea groups is 1. The molecule has 176 valence electrons. The molecule has 0 saturated carbocycles. The molecule has 0 spiro atoms. The molecule has 3 amide bonds. The lowest BCUT2D eigenvalue weighted by Gasteiger charge is -2.32. The molecule has 0 aliphatic carbocycles. The number of nitrogens with zero attached hydrogens (tertiary/aromatic N) is 3. The quantitative estimate of drug-likeness (QED) is 0.496. The summed E-state index contributed by atoms with van der Waals surface area (Å²) in [5, 5.41) is 5.65. The number of likely N-dealkylation sites (tertiary alicyclic amines) is 1. The number of carbonyl (C=O) groups is 2. The Morgan fingerprint density at radius 3 is 2.26 bits per heavy atom. The van der Waals surface area contributed by atoms with Crippen molar-refractivity contribution in [3.63, 3.8) is 0 Å². The fraction of sp³-hybridized carbons (Fsp3) is 0.217. The molecule has 1 aromatic heterocycles. The Morgan fingerprint density at radius 1 is 0.882 bits per heavy atom. The van der Waals surface area contributed by atoms with Crippen LogP contribution in [-0.4, -0.2) is 48.3 Å². The molecule has 10 nitrogen and oxygen atoms in total. The van der Waals surface area contributed by atoms with E-state index in [0.717, 1.165) is 0 Å². The van der Waals surface area contributed by atoms with Crippen LogP contribution in [0.4, 0.5) is 22.1 Å². The van der Waals surface area contributed by atoms with Gasteiger partial charge in [0.2, 0.25) is 11.9 Å². The van der Waals surface area contributed by atoms with E-state index in [1.54, 1.807) is 23.1 Å². The van der Waals surface area contributed by atoms with E-state index in [4.69, 9.17) is 0 Å². The monoisotopic (exact) mass is 480 g/mol. The number of piperidine rings is 1. The Hall–Kier alpha value is -3.99. The van der Waals surface area contributed by atoms with Crippen molar-refractivity contribution in [1.29, 1.82) is 0 Å². The van der Waals surface area contributed by atoms with Crippen LogP contribution in [-0.2, 0) is 14.8 Å². The molecular weight excluding hydrogens is 456 g/mol. The first-order valence-electron chi connectivity index (χ1n) is 10.7. The lowest BCUT2D eigenvalue weighted by Crippen LogP contribution is -2.45. The van der Waals surface area contributed by atoms with Crippen LogP contribution in [0.15, 0.2) is 78.0 Å². The van der Waals surface area contributed by atoms with E-state index in [1.165, 1.54) is 36.7 Å². The van der Waals surface area contributed by atoms with Crippen LogP contribution in [0, 0.1) is 5.92 Å². The van der Waals surface area contributed by atoms with Gasteiger partial charge in [0, 0.05) is 36.9 Å². The summed E-state index contributed by atoms with van der Waals surface area (Å²) in [7, 11) is -3.86. The topological polar surface area (TPSA) is 133 Å². The minimum Gasteiger partial charge on any atom is -0.326 e. The van der Waals surface area contributed by atoms with Gasteiger partial charge in [-0.1, -0.05) is 18.2 Å². The average Bonchev–Trinajstić information content (AvgIpc) is 2.85. The Kier molecular flexibility index (Phi) is 7.02. The molecule has 11 heteroatoms. The number of aromatic nitrogens is 2. The predicted octanol–water partition coefficient (Wildman–Crippen LogP) is 3.16. The number of amides is 3. The van der Waals surface area contributed by atoms with E-state index < -0.39 is 10.0 Å². The number of carbonyl (C=O) groups excluding carboxylic acids is 2. The van der Waals surface area contributed by atoms with Crippen LogP contribution in [0.25, 0.3) is 0 Å². The highest BCUT2D eigenvalue weighted by Crippen LogP contribution is 2.21. The molecule has 2 heterocycles. The largest absolute Gasteiger partial charge is 0.326 e. The average molecular weight is 481 g/mol. The second kappa shape index (κ2) is 10.3. The lowest BCUT2D eigenvalue weighted by molar-refractivity contribution is -0.121. The molecule has 1 aliphatic heterocycles. The van der Waals surface area contributed by atoms with Crippen LogP contribution in [0.5, 0.6) is 0 Å². The Labute approximate surface area is 197 Å². The van der Waals surface area contributed by atoms with Gasteiger partial charge in [-0.05, 0) is 55.3 Å². The second-order valence-electron chi connectivity index (χ2n) is 7.77. The summed E-state index contributed by atoms with van der Waals surface area (Å²) in [4.78, 5) is 34.7. The molecule has 3 aromatic rings. The van der Waals surface area contributed by atoms with Gasteiger partial charge >= 0.3 is 6.03 Å². The van der Waals surface area contributed by atoms with E-state index in [0.29, 0.717) is 37.3 Å². The molecule has 1 fully saturated rings. The van der Waals surface area contributed by atoms with E-state index in [1.807, 2.05) is 18.2 Å². The highest BCUT2D eigenvalue weighted by molar-refractivity contribution is 7.92. The van der Waals surface area contributed by atoms with Crippen molar-refractivity contribution < 1.29 is 18.0 Å². The van der Waals surface area contributed by atoms with Crippen LogP contribution in [0.1, 0.15) is 12.8 Å². The number of anilines is 3. The van der Waals surface area contributed by atoms with Gasteiger partial charge in [-0.15, -0.1) is 0 Å². The van der Waals surface area contributed by atoms with Crippen molar-refractivity contribution in [1.82, 2.24) is 14.9 Å². The molecule has 2 aromatic carbocycles. The molecule has 0 bridgehead atoms. The number of hydrogen-bond donors (Lipinski definition) is 3. The fourth-order valence-corrected chi connectivity index (χ4v) is 4.55. The third kappa shape index (κ3) is 5.87. The first-order valence-corrected chi connectivity index (χ1v) is 12.2. The normalized spacial score (nSPS) is 15.9. The van der Waals surface area contributed by atoms with E-state index in [2.05, 4.69) is 25.3 Å². The molecule has 0 radical (unpaired) electrons. The summed E-state index contributed by atoms with van der Waals surface area (Å²) in [5.74, 6) is -0.614. The van der Waals surface area contributed by atoms with Crippen molar-refractivity contribution >= 4 is 39.3 Å². The minimum absolute atomic E-state index is 0.0133. The predicted molar refractivity (Wildman–Crippen MR) is 128 cm³/mol. The van der Waals surface area contributed by atoms with Crippen LogP contribution in [0.3, 0.4) is 0 Å². The molecule has 4 rings (SSSR count). The number of hydrogen-bond acceptors (Lipinski definition) is 6. The molecule has 1 atom stereocenters. The van der Waals surface area contributed by atoms with Gasteiger partial charge in [-0.25, -0.2) is 27.9 Å². The highest BCUT2D eigenvalue weighted by atomic mass is 32.2. The van der Waals surface area contributed by atoms with Gasteiger partial charge in [0.05, 0.1) is 10.8 Å². The van der Waals surface area contributed by atoms with Crippen LogP contribution < -0.4 is 15.4 Å². The van der Waals surface area contributed by atoms with Gasteiger partial charge in [-0.2, -0.15) is 0 Å². The molecule has 1 aliphatic rings. The number of benzene rings is 2. The van der Waals surface area contributed by atoms with Crippen LogP contribution in [0.2, 0.25) is 0 Å². The zero-order chi connectivity index (χ0) is 24.0. The highest BCUT2D eigenvalue weighted by Gasteiger charge is 2.28. The summed E-state index contributed by atoms with van der Waals surface area (Å²) < 4.78 is 27.3. The smallest absolute Gasteiger partial charge is 0.321 e. The number of nitrogens with one attached hydrogen (secondary N) is 3. The summed E-state index contributed by atoms with van der Waals surface area (Å²) in [6.07, 6.45) is 4.24. The van der Waals surface area contributed by atoms with Crippen molar-refractivity contribution in [2.75, 3.05) is 28.4 Å². The number of rotatable bonds is 6.